The Hall–Kier alpha value is -0.285. The van der Waals surface area contributed by atoms with E-state index in [1.807, 2.05) is 0 Å². The van der Waals surface area contributed by atoms with Gasteiger partial charge in [-0.2, -0.15) is 0 Å². The molecule has 1 aromatic carbocycles. The topological polar surface area (TPSA) is 0 Å². The molecule has 200 valence electrons. The lowest BCUT2D eigenvalue weighted by atomic mass is 9.46. The fourth-order valence-corrected chi connectivity index (χ4v) is 18.6. The van der Waals surface area contributed by atoms with Crippen molar-refractivity contribution in [3.63, 3.8) is 0 Å². The average molecular weight is 515 g/mol. The van der Waals surface area contributed by atoms with Gasteiger partial charge < -0.3 is 0 Å². The van der Waals surface area contributed by atoms with Crippen molar-refractivity contribution in [2.75, 3.05) is 0 Å². The summed E-state index contributed by atoms with van der Waals surface area (Å²) in [6.07, 6.45) is 15.2. The fraction of sp³-hybridized carbons (Fsp3) is 0.829. The van der Waals surface area contributed by atoms with E-state index in [2.05, 4.69) is 71.9 Å². The molecular formula is C35H52BP. The lowest BCUT2D eigenvalue weighted by Crippen LogP contribution is -2.62. The molecule has 0 spiro atoms. The van der Waals surface area contributed by atoms with Gasteiger partial charge in [-0.05, 0) is 144 Å². The number of rotatable bonds is 4. The van der Waals surface area contributed by atoms with E-state index in [4.69, 9.17) is 7.85 Å². The molecule has 0 aromatic heterocycles. The molecule has 0 amide bonds. The molecule has 0 heterocycles. The van der Waals surface area contributed by atoms with E-state index in [1.54, 1.807) is 0 Å². The molecule has 8 saturated carbocycles. The predicted molar refractivity (Wildman–Crippen MR) is 160 cm³/mol. The van der Waals surface area contributed by atoms with Gasteiger partial charge in [0.05, 0.1) is 7.85 Å². The highest BCUT2D eigenvalue weighted by Crippen LogP contribution is 2.84. The zero-order chi connectivity index (χ0) is 26.0. The van der Waals surface area contributed by atoms with E-state index < -0.39 is 0 Å². The summed E-state index contributed by atoms with van der Waals surface area (Å²) in [7, 11) is 7.37. The highest BCUT2D eigenvalue weighted by molar-refractivity contribution is 7.63. The van der Waals surface area contributed by atoms with Crippen LogP contribution in [0, 0.1) is 58.2 Å². The van der Waals surface area contributed by atoms with Gasteiger partial charge in [0.2, 0.25) is 0 Å². The molecule has 8 aliphatic carbocycles. The van der Waals surface area contributed by atoms with Crippen molar-refractivity contribution in [3.05, 3.63) is 35.9 Å². The Kier molecular flexibility index (Phi) is 5.81. The summed E-state index contributed by atoms with van der Waals surface area (Å²) in [5.74, 6) is 7.66. The molecule has 1 aromatic rings. The molecule has 2 heteroatoms. The van der Waals surface area contributed by atoms with Crippen LogP contribution >= 0.6 is 7.92 Å². The van der Waals surface area contributed by atoms with Crippen molar-refractivity contribution >= 4 is 15.8 Å². The van der Waals surface area contributed by atoms with Crippen molar-refractivity contribution in [2.45, 2.75) is 122 Å². The predicted octanol–water partition coefficient (Wildman–Crippen LogP) is 9.82. The Morgan fingerprint density at radius 3 is 1.38 bits per heavy atom. The first kappa shape index (κ1) is 25.7. The summed E-state index contributed by atoms with van der Waals surface area (Å²) < 4.78 is 0. The fourth-order valence-electron chi connectivity index (χ4n) is 13.3. The zero-order valence-corrected chi connectivity index (χ0v) is 25.6. The minimum absolute atomic E-state index is 0.268. The molecule has 8 aliphatic rings. The minimum Gasteiger partial charge on any atom is -0.0953 e. The first-order chi connectivity index (χ1) is 17.4. The Balaban J connectivity index is 1.32. The highest BCUT2D eigenvalue weighted by atomic mass is 31.1. The Morgan fingerprint density at radius 2 is 1.03 bits per heavy atom. The van der Waals surface area contributed by atoms with Crippen LogP contribution in [0.2, 0.25) is 0 Å². The van der Waals surface area contributed by atoms with Crippen LogP contribution < -0.4 is 0 Å². The van der Waals surface area contributed by atoms with Crippen LogP contribution in [0.1, 0.15) is 117 Å². The number of hydrogen-bond donors (Lipinski definition) is 0. The van der Waals surface area contributed by atoms with Gasteiger partial charge >= 0.3 is 0 Å². The van der Waals surface area contributed by atoms with E-state index >= 15 is 0 Å². The van der Waals surface area contributed by atoms with Crippen LogP contribution in [-0.2, 0) is 0 Å². The zero-order valence-electron chi connectivity index (χ0n) is 24.7. The van der Waals surface area contributed by atoms with Crippen LogP contribution in [-0.4, -0.2) is 18.2 Å². The van der Waals surface area contributed by atoms with Crippen LogP contribution in [0.15, 0.2) is 30.3 Å². The van der Waals surface area contributed by atoms with Gasteiger partial charge in [-0.3, -0.25) is 0 Å². The molecule has 5 unspecified atom stereocenters. The van der Waals surface area contributed by atoms with Crippen LogP contribution in [0.5, 0.6) is 0 Å². The largest absolute Gasteiger partial charge is 0.0953 e. The van der Waals surface area contributed by atoms with Crippen molar-refractivity contribution in [1.82, 2.24) is 0 Å². The maximum atomic E-state index is 7.65. The molecule has 0 N–H and O–H groups in total. The van der Waals surface area contributed by atoms with E-state index in [1.165, 1.54) is 69.8 Å². The summed E-state index contributed by atoms with van der Waals surface area (Å²) in [6, 6.07) is 11.5. The second-order valence-corrected chi connectivity index (χ2v) is 20.6. The molecule has 9 rings (SSSR count). The normalized spacial score (nSPS) is 47.8. The van der Waals surface area contributed by atoms with Crippen molar-refractivity contribution in [2.24, 2.45) is 58.2 Å². The first-order valence-corrected chi connectivity index (χ1v) is 17.4. The third kappa shape index (κ3) is 3.92. The maximum absolute atomic E-state index is 7.65. The van der Waals surface area contributed by atoms with Gasteiger partial charge in [0.1, 0.15) is 0 Å². The standard InChI is InChI=1S/C35H52BP/c1-32(2,3)29-25-12-22-13-26(29)19-34(16-22,18-25)37(31(36)24-10-8-7-9-11-24)35-17-23-14-27(20-35)30(33(4,5)6)28(15-23)21-35/h7-11,22-23,25-31H,12-21H2,1-6H3. The molecule has 8 bridgehead atoms. The van der Waals surface area contributed by atoms with Gasteiger partial charge in [-0.1, -0.05) is 79.8 Å². The summed E-state index contributed by atoms with van der Waals surface area (Å²) in [5.41, 5.74) is 2.63. The molecule has 0 nitrogen and oxygen atoms in total. The first-order valence-electron chi connectivity index (χ1n) is 16.0. The Morgan fingerprint density at radius 1 is 0.649 bits per heavy atom. The molecule has 8 fully saturated rings. The lowest BCUT2D eigenvalue weighted by molar-refractivity contribution is -0.0815. The second kappa shape index (κ2) is 8.37. The van der Waals surface area contributed by atoms with Crippen LogP contribution in [0.3, 0.4) is 0 Å². The van der Waals surface area contributed by atoms with E-state index in [9.17, 15) is 0 Å². The summed E-state index contributed by atoms with van der Waals surface area (Å²) >= 11 is 0. The molecule has 5 atom stereocenters. The third-order valence-electron chi connectivity index (χ3n) is 12.9. The van der Waals surface area contributed by atoms with E-state index in [0.29, 0.717) is 21.1 Å². The third-order valence-corrected chi connectivity index (χ3v) is 16.9. The van der Waals surface area contributed by atoms with Gasteiger partial charge in [-0.25, -0.2) is 0 Å². The average Bonchev–Trinajstić information content (AvgIpc) is 2.76. The number of hydrogen-bond acceptors (Lipinski definition) is 0. The summed E-state index contributed by atoms with van der Waals surface area (Å²) in [4.78, 5) is 0. The summed E-state index contributed by atoms with van der Waals surface area (Å²) in [6.45, 7) is 15.3. The molecular weight excluding hydrogens is 462 g/mol. The van der Waals surface area contributed by atoms with Gasteiger partial charge in [0.15, 0.2) is 0 Å². The van der Waals surface area contributed by atoms with Crippen molar-refractivity contribution in [1.29, 1.82) is 0 Å². The van der Waals surface area contributed by atoms with Crippen LogP contribution in [0.25, 0.3) is 0 Å². The van der Waals surface area contributed by atoms with Crippen molar-refractivity contribution < 1.29 is 0 Å². The maximum Gasteiger partial charge on any atom is 0.0827 e. The van der Waals surface area contributed by atoms with Gasteiger partial charge in [0, 0.05) is 0 Å². The second-order valence-electron chi connectivity index (χ2n) is 17.4. The molecule has 37 heavy (non-hydrogen) atoms. The monoisotopic (exact) mass is 514 g/mol. The lowest BCUT2D eigenvalue weighted by Gasteiger charge is -2.72. The smallest absolute Gasteiger partial charge is 0.0827 e. The molecule has 2 radical (unpaired) electrons. The number of benzene rings is 1. The minimum atomic E-state index is -0.278. The molecule has 0 saturated heterocycles. The van der Waals surface area contributed by atoms with E-state index in [0.717, 1.165) is 47.3 Å². The Labute approximate surface area is 231 Å². The quantitative estimate of drug-likeness (QED) is 0.277. The van der Waals surface area contributed by atoms with Crippen LogP contribution in [0.4, 0.5) is 0 Å². The summed E-state index contributed by atoms with van der Waals surface area (Å²) in [5, 5.41) is 1.09. The van der Waals surface area contributed by atoms with Gasteiger partial charge in [-0.15, -0.1) is 0 Å². The molecule has 0 aliphatic heterocycles. The highest BCUT2D eigenvalue weighted by Gasteiger charge is 2.67. The SMILES string of the molecule is [B]C(c1ccccc1)P(C12CC3CC(C1)C(C(C)(C)C)C(C3)C2)C12CC3CC(C1)C(C(C)(C)C)C(C3)C2. The van der Waals surface area contributed by atoms with Crippen molar-refractivity contribution in [3.8, 4) is 0 Å². The Bertz CT molecular complexity index is 924. The van der Waals surface area contributed by atoms with Gasteiger partial charge in [0.25, 0.3) is 0 Å². The van der Waals surface area contributed by atoms with E-state index in [-0.39, 0.29) is 13.5 Å².